The molecule has 0 radical (unpaired) electrons. The van der Waals surface area contributed by atoms with E-state index in [0.717, 1.165) is 12.8 Å². The molecule has 11 atom stereocenters. The molecule has 0 spiro atoms. The number of hydrogen-bond donors (Lipinski definition) is 3. The van der Waals surface area contributed by atoms with E-state index in [1.807, 2.05) is 6.92 Å². The zero-order valence-corrected chi connectivity index (χ0v) is 22.8. The van der Waals surface area contributed by atoms with Gasteiger partial charge in [0.1, 0.15) is 11.6 Å². The van der Waals surface area contributed by atoms with Gasteiger partial charge in [-0.1, -0.05) is 20.8 Å². The highest BCUT2D eigenvalue weighted by molar-refractivity contribution is 6.06. The number of methoxy groups -OCH3 is 1. The number of esters is 1. The number of hydrogen-bond acceptors (Lipinski definition) is 7. The lowest BCUT2D eigenvalue weighted by Gasteiger charge is -2.67. The first-order valence-corrected chi connectivity index (χ1v) is 13.9. The lowest BCUT2D eigenvalue weighted by Crippen LogP contribution is -2.69. The second kappa shape index (κ2) is 9.46. The fourth-order valence-corrected chi connectivity index (χ4v) is 10.3. The monoisotopic (exact) mass is 506 g/mol. The normalized spacial score (nSPS) is 46.1. The Hall–Kier alpha value is -1.31. The van der Waals surface area contributed by atoms with Gasteiger partial charge in [0.15, 0.2) is 0 Å². The van der Waals surface area contributed by atoms with Crippen LogP contribution < -0.4 is 0 Å². The summed E-state index contributed by atoms with van der Waals surface area (Å²) in [5.74, 6) is -0.635. The van der Waals surface area contributed by atoms with Gasteiger partial charge in [-0.05, 0) is 105 Å². The van der Waals surface area contributed by atoms with E-state index in [-0.39, 0.29) is 59.5 Å². The summed E-state index contributed by atoms with van der Waals surface area (Å²) in [4.78, 5) is 38.4. The smallest absolute Gasteiger partial charge is 0.305 e. The van der Waals surface area contributed by atoms with Gasteiger partial charge >= 0.3 is 5.97 Å². The number of aliphatic hydroxyl groups excluding tert-OH is 3. The van der Waals surface area contributed by atoms with Crippen molar-refractivity contribution in [3.63, 3.8) is 0 Å². The quantitative estimate of drug-likeness (QED) is 0.373. The summed E-state index contributed by atoms with van der Waals surface area (Å²) in [5, 5.41) is 34.2. The minimum absolute atomic E-state index is 0.0630. The van der Waals surface area contributed by atoms with Crippen molar-refractivity contribution in [3.05, 3.63) is 0 Å². The molecule has 4 aliphatic rings. The van der Waals surface area contributed by atoms with Gasteiger partial charge in [-0.15, -0.1) is 0 Å². The van der Waals surface area contributed by atoms with Crippen LogP contribution in [0.5, 0.6) is 0 Å². The van der Waals surface area contributed by atoms with Crippen molar-refractivity contribution in [3.8, 4) is 0 Å². The lowest BCUT2D eigenvalue weighted by molar-refractivity contribution is -0.239. The second-order valence-electron chi connectivity index (χ2n) is 13.1. The van der Waals surface area contributed by atoms with Crippen molar-refractivity contribution >= 4 is 17.5 Å². The van der Waals surface area contributed by atoms with Gasteiger partial charge in [-0.2, -0.15) is 0 Å². The predicted molar refractivity (Wildman–Crippen MR) is 134 cm³/mol. The minimum Gasteiger partial charge on any atom is -0.469 e. The molecule has 0 aromatic carbocycles. The summed E-state index contributed by atoms with van der Waals surface area (Å²) >= 11 is 0. The van der Waals surface area contributed by atoms with Crippen LogP contribution in [0.3, 0.4) is 0 Å². The number of carbonyl (C=O) groups excluding carboxylic acids is 3. The van der Waals surface area contributed by atoms with E-state index in [9.17, 15) is 29.7 Å². The molecule has 4 aliphatic carbocycles. The van der Waals surface area contributed by atoms with Crippen LogP contribution in [0.4, 0.5) is 0 Å². The Bertz CT molecular complexity index is 886. The molecule has 7 nitrogen and oxygen atoms in total. The topological polar surface area (TPSA) is 121 Å². The van der Waals surface area contributed by atoms with E-state index >= 15 is 0 Å². The van der Waals surface area contributed by atoms with Crippen LogP contribution in [0.1, 0.15) is 86.0 Å². The van der Waals surface area contributed by atoms with E-state index in [2.05, 4.69) is 13.8 Å². The molecule has 3 N–H and O–H groups in total. The Morgan fingerprint density at radius 2 is 1.61 bits per heavy atom. The standard InChI is InChI=1S/C29H46O7/c1-15(7-10-25(35)36-6)20-8-9-21-26-22(13-24(34)27(20,21)4)28(5)18(12-23(26)33)11-19(32)14-29(28,16(2)30)17(3)31/h15,18-24,26,32-34H,7-14H2,1-6H3. The van der Waals surface area contributed by atoms with Crippen molar-refractivity contribution in [2.24, 2.45) is 51.8 Å². The molecule has 0 aliphatic heterocycles. The van der Waals surface area contributed by atoms with Gasteiger partial charge in [-0.25, -0.2) is 0 Å². The van der Waals surface area contributed by atoms with Crippen molar-refractivity contribution in [2.75, 3.05) is 7.11 Å². The fourth-order valence-electron chi connectivity index (χ4n) is 10.3. The third-order valence-electron chi connectivity index (χ3n) is 12.0. The van der Waals surface area contributed by atoms with Gasteiger partial charge in [0.05, 0.1) is 30.8 Å². The summed E-state index contributed by atoms with van der Waals surface area (Å²) in [6.45, 7) is 9.28. The van der Waals surface area contributed by atoms with Crippen LogP contribution in [-0.2, 0) is 19.1 Å². The number of carbonyl (C=O) groups is 3. The number of ketones is 2. The largest absolute Gasteiger partial charge is 0.469 e. The number of fused-ring (bicyclic) bond motifs is 5. The van der Waals surface area contributed by atoms with Crippen molar-refractivity contribution in [1.29, 1.82) is 0 Å². The molecule has 36 heavy (non-hydrogen) atoms. The van der Waals surface area contributed by atoms with Crippen LogP contribution in [0, 0.1) is 51.8 Å². The molecular weight excluding hydrogens is 460 g/mol. The molecule has 0 aromatic rings. The first-order chi connectivity index (χ1) is 16.8. The van der Waals surface area contributed by atoms with Gasteiger partial charge in [0.2, 0.25) is 0 Å². The number of rotatable bonds is 6. The zero-order valence-electron chi connectivity index (χ0n) is 22.8. The lowest BCUT2D eigenvalue weighted by atomic mass is 9.36. The Labute approximate surface area is 215 Å². The molecule has 4 rings (SSSR count). The zero-order chi connectivity index (χ0) is 26.8. The maximum atomic E-state index is 13.3. The van der Waals surface area contributed by atoms with Crippen molar-refractivity contribution in [2.45, 2.75) is 104 Å². The molecule has 204 valence electrons. The Kier molecular flexibility index (Phi) is 7.28. The molecular formula is C29H46O7. The molecule has 0 aromatic heterocycles. The highest BCUT2D eigenvalue weighted by Crippen LogP contribution is 2.71. The van der Waals surface area contributed by atoms with E-state index in [1.54, 1.807) is 0 Å². The number of aliphatic hydroxyl groups is 3. The third kappa shape index (κ3) is 3.66. The van der Waals surface area contributed by atoms with Crippen LogP contribution in [-0.4, -0.2) is 58.3 Å². The number of Topliss-reactive ketones (excluding diaryl/α,β-unsaturated/α-hetero) is 2. The third-order valence-corrected chi connectivity index (χ3v) is 12.0. The second-order valence-corrected chi connectivity index (χ2v) is 13.1. The van der Waals surface area contributed by atoms with E-state index in [1.165, 1.54) is 21.0 Å². The molecule has 7 heteroatoms. The average Bonchev–Trinajstić information content (AvgIpc) is 3.16. The fraction of sp³-hybridized carbons (Fsp3) is 0.897. The Balaban J connectivity index is 1.73. The van der Waals surface area contributed by atoms with Gasteiger partial charge < -0.3 is 20.1 Å². The van der Waals surface area contributed by atoms with Crippen LogP contribution >= 0.6 is 0 Å². The molecule has 0 heterocycles. The molecule has 0 saturated heterocycles. The maximum absolute atomic E-state index is 13.3. The molecule has 4 fully saturated rings. The molecule has 0 amide bonds. The molecule has 0 bridgehead atoms. The molecule has 11 unspecified atom stereocenters. The highest BCUT2D eigenvalue weighted by Gasteiger charge is 2.72. The SMILES string of the molecule is COC(=O)CCC(C)C1CCC2C3C(O)CC4CC(O)CC(C(C)=O)(C(C)=O)C4(C)C3CC(O)C12C. The maximum Gasteiger partial charge on any atom is 0.305 e. The first kappa shape index (κ1) is 27.7. The summed E-state index contributed by atoms with van der Waals surface area (Å²) in [6.07, 6.45) is 2.31. The highest BCUT2D eigenvalue weighted by atomic mass is 16.5. The molecule has 4 saturated carbocycles. The Morgan fingerprint density at radius 3 is 2.19 bits per heavy atom. The van der Waals surface area contributed by atoms with Gasteiger partial charge in [0.25, 0.3) is 0 Å². The summed E-state index contributed by atoms with van der Waals surface area (Å²) in [6, 6.07) is 0. The van der Waals surface area contributed by atoms with Gasteiger partial charge in [-0.3, -0.25) is 14.4 Å². The minimum atomic E-state index is -1.31. The van der Waals surface area contributed by atoms with E-state index in [4.69, 9.17) is 4.74 Å². The van der Waals surface area contributed by atoms with Crippen molar-refractivity contribution < 1.29 is 34.4 Å². The van der Waals surface area contributed by atoms with Crippen molar-refractivity contribution in [1.82, 2.24) is 0 Å². The van der Waals surface area contributed by atoms with Crippen LogP contribution in [0.15, 0.2) is 0 Å². The summed E-state index contributed by atoms with van der Waals surface area (Å²) in [5.41, 5.74) is -2.45. The average molecular weight is 507 g/mol. The summed E-state index contributed by atoms with van der Waals surface area (Å²) < 4.78 is 4.83. The number of ether oxygens (including phenoxy) is 1. The first-order valence-electron chi connectivity index (χ1n) is 13.9. The Morgan fingerprint density at radius 1 is 0.972 bits per heavy atom. The van der Waals surface area contributed by atoms with E-state index in [0.29, 0.717) is 32.1 Å². The predicted octanol–water partition coefficient (Wildman–Crippen LogP) is 3.31. The summed E-state index contributed by atoms with van der Waals surface area (Å²) in [7, 11) is 1.40. The van der Waals surface area contributed by atoms with Gasteiger partial charge in [0, 0.05) is 6.42 Å². The van der Waals surface area contributed by atoms with Crippen LogP contribution in [0.2, 0.25) is 0 Å². The van der Waals surface area contributed by atoms with E-state index < -0.39 is 34.6 Å². The van der Waals surface area contributed by atoms with Crippen LogP contribution in [0.25, 0.3) is 0 Å².